The third kappa shape index (κ3) is 1.59. The molecule has 0 amide bonds. The average molecular weight is 236 g/mol. The molecule has 0 aliphatic rings. The zero-order chi connectivity index (χ0) is 12.7. The minimum Gasteiger partial charge on any atom is -0.200 e. The van der Waals surface area contributed by atoms with Gasteiger partial charge < -0.3 is 0 Å². The smallest absolute Gasteiger partial charge is 0.200 e. The van der Waals surface area contributed by atoms with Gasteiger partial charge in [-0.05, 0) is 18.1 Å². The fraction of sp³-hybridized carbons (Fsp3) is 0.235. The van der Waals surface area contributed by atoms with Crippen LogP contribution in [0.3, 0.4) is 0 Å². The van der Waals surface area contributed by atoms with Gasteiger partial charge in [-0.2, -0.15) is 0 Å². The number of hydrogen-bond acceptors (Lipinski definition) is 0. The minimum atomic E-state index is 0.543. The number of aryl methyl sites for hydroxylation is 1. The zero-order valence-electron chi connectivity index (χ0n) is 11.1. The molecule has 0 N–H and O–H groups in total. The van der Waals surface area contributed by atoms with Crippen molar-refractivity contribution in [2.75, 3.05) is 0 Å². The second-order valence-electron chi connectivity index (χ2n) is 5.23. The number of fused-ring (bicyclic) bond motifs is 3. The SMILES string of the molecule is CC(C)c1cccc2c3ccccc3c[n+](C)c12. The minimum absolute atomic E-state index is 0.543. The van der Waals surface area contributed by atoms with Crippen LogP contribution in [0, 0.1) is 0 Å². The molecule has 0 saturated carbocycles. The molecule has 18 heavy (non-hydrogen) atoms. The van der Waals surface area contributed by atoms with Crippen molar-refractivity contribution in [1.82, 2.24) is 0 Å². The number of aromatic nitrogens is 1. The van der Waals surface area contributed by atoms with Gasteiger partial charge in [0.15, 0.2) is 6.20 Å². The Bertz CT molecular complexity index is 726. The molecular weight excluding hydrogens is 218 g/mol. The molecule has 2 aromatic carbocycles. The van der Waals surface area contributed by atoms with Gasteiger partial charge in [-0.15, -0.1) is 0 Å². The number of nitrogens with zero attached hydrogens (tertiary/aromatic N) is 1. The Hall–Kier alpha value is -1.89. The molecule has 0 radical (unpaired) electrons. The molecule has 90 valence electrons. The van der Waals surface area contributed by atoms with Gasteiger partial charge in [-0.25, -0.2) is 4.57 Å². The van der Waals surface area contributed by atoms with E-state index < -0.39 is 0 Å². The molecule has 1 nitrogen and oxygen atoms in total. The number of pyridine rings is 1. The van der Waals surface area contributed by atoms with Crippen LogP contribution in [-0.4, -0.2) is 0 Å². The molecule has 0 atom stereocenters. The lowest BCUT2D eigenvalue weighted by Crippen LogP contribution is -2.29. The van der Waals surface area contributed by atoms with Crippen molar-refractivity contribution in [2.24, 2.45) is 7.05 Å². The zero-order valence-corrected chi connectivity index (χ0v) is 11.1. The fourth-order valence-corrected chi connectivity index (χ4v) is 2.77. The van der Waals surface area contributed by atoms with Crippen molar-refractivity contribution in [3.05, 3.63) is 54.2 Å². The van der Waals surface area contributed by atoms with Crippen molar-refractivity contribution in [3.8, 4) is 0 Å². The van der Waals surface area contributed by atoms with Gasteiger partial charge in [0.25, 0.3) is 0 Å². The van der Waals surface area contributed by atoms with E-state index in [9.17, 15) is 0 Å². The normalized spacial score (nSPS) is 11.6. The molecule has 0 aliphatic carbocycles. The van der Waals surface area contributed by atoms with Crippen LogP contribution in [-0.2, 0) is 7.05 Å². The number of rotatable bonds is 1. The maximum atomic E-state index is 2.26. The fourth-order valence-electron chi connectivity index (χ4n) is 2.77. The van der Waals surface area contributed by atoms with Gasteiger partial charge in [0.05, 0.1) is 5.39 Å². The van der Waals surface area contributed by atoms with E-state index in [2.05, 4.69) is 74.1 Å². The molecule has 1 heterocycles. The monoisotopic (exact) mass is 236 g/mol. The molecule has 0 bridgehead atoms. The van der Waals surface area contributed by atoms with Crippen molar-refractivity contribution >= 4 is 21.7 Å². The highest BCUT2D eigenvalue weighted by atomic mass is 14.9. The summed E-state index contributed by atoms with van der Waals surface area (Å²) in [6.45, 7) is 4.51. The first-order valence-electron chi connectivity index (χ1n) is 6.48. The Labute approximate surface area is 108 Å². The van der Waals surface area contributed by atoms with E-state index in [4.69, 9.17) is 0 Å². The van der Waals surface area contributed by atoms with E-state index in [1.807, 2.05) is 0 Å². The highest BCUT2D eigenvalue weighted by molar-refractivity contribution is 6.04. The first-order valence-corrected chi connectivity index (χ1v) is 6.48. The van der Waals surface area contributed by atoms with Crippen LogP contribution in [0.2, 0.25) is 0 Å². The number of benzene rings is 2. The summed E-state index contributed by atoms with van der Waals surface area (Å²) in [5.74, 6) is 0.543. The first kappa shape index (κ1) is 11.2. The number of hydrogen-bond donors (Lipinski definition) is 0. The van der Waals surface area contributed by atoms with E-state index in [1.54, 1.807) is 0 Å². The van der Waals surface area contributed by atoms with Crippen molar-refractivity contribution in [3.63, 3.8) is 0 Å². The third-order valence-electron chi connectivity index (χ3n) is 3.63. The highest BCUT2D eigenvalue weighted by Crippen LogP contribution is 2.27. The average Bonchev–Trinajstić information content (AvgIpc) is 2.38. The molecule has 3 rings (SSSR count). The maximum Gasteiger partial charge on any atom is 0.216 e. The van der Waals surface area contributed by atoms with E-state index in [1.165, 1.54) is 27.2 Å². The maximum absolute atomic E-state index is 2.26. The van der Waals surface area contributed by atoms with Crippen molar-refractivity contribution in [2.45, 2.75) is 19.8 Å². The van der Waals surface area contributed by atoms with Crippen LogP contribution < -0.4 is 4.57 Å². The molecule has 0 aliphatic heterocycles. The van der Waals surface area contributed by atoms with Crippen LogP contribution >= 0.6 is 0 Å². The summed E-state index contributed by atoms with van der Waals surface area (Å²) >= 11 is 0. The van der Waals surface area contributed by atoms with E-state index >= 15 is 0 Å². The second kappa shape index (κ2) is 4.09. The van der Waals surface area contributed by atoms with Gasteiger partial charge in [0.1, 0.15) is 7.05 Å². The van der Waals surface area contributed by atoms with E-state index in [0.717, 1.165) is 0 Å². The highest BCUT2D eigenvalue weighted by Gasteiger charge is 2.15. The molecule has 1 heteroatoms. The molecule has 3 aromatic rings. The van der Waals surface area contributed by atoms with Gasteiger partial charge in [0.2, 0.25) is 5.52 Å². The van der Waals surface area contributed by atoms with Crippen molar-refractivity contribution < 1.29 is 4.57 Å². The molecule has 0 fully saturated rings. The van der Waals surface area contributed by atoms with E-state index in [0.29, 0.717) is 5.92 Å². The second-order valence-corrected chi connectivity index (χ2v) is 5.23. The Balaban J connectivity index is 2.55. The number of para-hydroxylation sites is 1. The van der Waals surface area contributed by atoms with Gasteiger partial charge >= 0.3 is 0 Å². The predicted octanol–water partition coefficient (Wildman–Crippen LogP) is 3.94. The summed E-state index contributed by atoms with van der Waals surface area (Å²) in [7, 11) is 2.14. The lowest BCUT2D eigenvalue weighted by Gasteiger charge is -2.09. The quantitative estimate of drug-likeness (QED) is 0.445. The lowest BCUT2D eigenvalue weighted by atomic mass is 9.97. The Morgan fingerprint density at radius 2 is 1.61 bits per heavy atom. The van der Waals surface area contributed by atoms with Gasteiger partial charge in [0, 0.05) is 16.3 Å². The summed E-state index contributed by atoms with van der Waals surface area (Å²) in [6.07, 6.45) is 2.23. The predicted molar refractivity (Wildman–Crippen MR) is 76.7 cm³/mol. The molecule has 1 aromatic heterocycles. The Kier molecular flexibility index (Phi) is 2.55. The molecule has 0 unspecified atom stereocenters. The largest absolute Gasteiger partial charge is 0.216 e. The topological polar surface area (TPSA) is 3.88 Å². The first-order chi connectivity index (χ1) is 8.68. The van der Waals surface area contributed by atoms with Crippen LogP contribution in [0.15, 0.2) is 48.7 Å². The van der Waals surface area contributed by atoms with Crippen molar-refractivity contribution in [1.29, 1.82) is 0 Å². The Morgan fingerprint density at radius 3 is 2.39 bits per heavy atom. The van der Waals surface area contributed by atoms with Gasteiger partial charge in [-0.3, -0.25) is 0 Å². The summed E-state index contributed by atoms with van der Waals surface area (Å²) in [5.41, 5.74) is 2.77. The lowest BCUT2D eigenvalue weighted by molar-refractivity contribution is -0.643. The molecular formula is C17H18N+. The van der Waals surface area contributed by atoms with Crippen LogP contribution in [0.5, 0.6) is 0 Å². The standard InChI is InChI=1S/C17H18N/c1-12(2)14-9-6-10-16-15-8-5-4-7-13(15)11-18(3)17(14)16/h4-12H,1-3H3/q+1. The third-order valence-corrected chi connectivity index (χ3v) is 3.63. The molecule has 0 saturated heterocycles. The summed E-state index contributed by atoms with van der Waals surface area (Å²) in [5, 5.41) is 3.99. The van der Waals surface area contributed by atoms with Crippen LogP contribution in [0.4, 0.5) is 0 Å². The Morgan fingerprint density at radius 1 is 0.889 bits per heavy atom. The molecule has 0 spiro atoms. The summed E-state index contributed by atoms with van der Waals surface area (Å²) in [4.78, 5) is 0. The van der Waals surface area contributed by atoms with Crippen LogP contribution in [0.1, 0.15) is 25.3 Å². The summed E-state index contributed by atoms with van der Waals surface area (Å²) in [6, 6.07) is 15.2. The summed E-state index contributed by atoms with van der Waals surface area (Å²) < 4.78 is 2.26. The van der Waals surface area contributed by atoms with E-state index in [-0.39, 0.29) is 0 Å². The van der Waals surface area contributed by atoms with Gasteiger partial charge in [-0.1, -0.05) is 44.2 Å². The van der Waals surface area contributed by atoms with Crippen LogP contribution in [0.25, 0.3) is 21.7 Å².